The molecule has 0 fully saturated rings. The van der Waals surface area contributed by atoms with E-state index >= 15 is 0 Å². The fourth-order valence-corrected chi connectivity index (χ4v) is 6.02. The van der Waals surface area contributed by atoms with Crippen molar-refractivity contribution >= 4 is 28.0 Å². The molecule has 0 amide bonds. The first-order valence-corrected chi connectivity index (χ1v) is 13.3. The average Bonchev–Trinajstić information content (AvgIpc) is 3.22. The van der Waals surface area contributed by atoms with Gasteiger partial charge >= 0.3 is 0 Å². The van der Waals surface area contributed by atoms with Crippen LogP contribution in [0, 0.1) is 18.6 Å². The Morgan fingerprint density at radius 1 is 0.667 bits per heavy atom. The lowest BCUT2D eigenvalue weighted by Gasteiger charge is -2.24. The van der Waals surface area contributed by atoms with Gasteiger partial charge in [-0.3, -0.25) is 4.79 Å². The molecular weight excluding hydrogens is 488 g/mol. The minimum atomic E-state index is -0.304. The highest BCUT2D eigenvalue weighted by Gasteiger charge is 2.30. The van der Waals surface area contributed by atoms with E-state index in [1.165, 1.54) is 24.3 Å². The largest absolute Gasteiger partial charge is 0.287 e. The van der Waals surface area contributed by atoms with Gasteiger partial charge in [-0.05, 0) is 88.4 Å². The molecule has 0 spiro atoms. The Bertz CT molecular complexity index is 1790. The van der Waals surface area contributed by atoms with Crippen molar-refractivity contribution in [3.8, 4) is 22.3 Å². The van der Waals surface area contributed by atoms with Crippen LogP contribution in [-0.2, 0) is 12.8 Å². The van der Waals surface area contributed by atoms with E-state index in [9.17, 15) is 13.6 Å². The predicted octanol–water partition coefficient (Wildman–Crippen LogP) is 9.20. The molecule has 0 bridgehead atoms. The van der Waals surface area contributed by atoms with Crippen molar-refractivity contribution in [3.05, 3.63) is 124 Å². The molecule has 2 nitrogen and oxygen atoms in total. The van der Waals surface area contributed by atoms with Crippen LogP contribution in [0.5, 0.6) is 0 Å². The molecule has 0 saturated heterocycles. The van der Waals surface area contributed by atoms with Gasteiger partial charge in [0.1, 0.15) is 17.3 Å². The standard InChI is InChI=1S/C35H27F2NO/c1-4-26-30(22-12-16-24(36)17-13-22)20(3)33(27(5-2)31(26)23-14-18-25(37)19-15-23)38-34-28-10-6-8-21-9-7-11-29(32(21)28)35(34)39/h6-19H,4-5H2,1-3H3. The van der Waals surface area contributed by atoms with Crippen molar-refractivity contribution < 1.29 is 13.6 Å². The highest BCUT2D eigenvalue weighted by Crippen LogP contribution is 2.45. The number of hydrogen-bond acceptors (Lipinski definition) is 2. The van der Waals surface area contributed by atoms with Gasteiger partial charge in [0.15, 0.2) is 0 Å². The van der Waals surface area contributed by atoms with Crippen molar-refractivity contribution in [3.63, 3.8) is 0 Å². The van der Waals surface area contributed by atoms with Crippen LogP contribution in [0.25, 0.3) is 33.0 Å². The second-order valence-corrected chi connectivity index (χ2v) is 9.90. The van der Waals surface area contributed by atoms with E-state index in [1.54, 1.807) is 24.3 Å². The molecule has 5 aromatic rings. The van der Waals surface area contributed by atoms with Crippen molar-refractivity contribution in [2.24, 2.45) is 4.99 Å². The van der Waals surface area contributed by atoms with E-state index in [1.807, 2.05) is 43.3 Å². The van der Waals surface area contributed by atoms with Crippen LogP contribution in [0.3, 0.4) is 0 Å². The van der Waals surface area contributed by atoms with Gasteiger partial charge in [0.25, 0.3) is 0 Å². The lowest BCUT2D eigenvalue weighted by molar-refractivity contribution is 0.107. The number of halogens is 2. The van der Waals surface area contributed by atoms with E-state index in [4.69, 9.17) is 4.99 Å². The third kappa shape index (κ3) is 3.99. The highest BCUT2D eigenvalue weighted by atomic mass is 19.1. The number of Topliss-reactive ketones (excluding diaryl/α,β-unsaturated/α-hetero) is 1. The maximum Gasteiger partial charge on any atom is 0.212 e. The Morgan fingerprint density at radius 2 is 1.21 bits per heavy atom. The molecule has 5 aromatic carbocycles. The molecule has 192 valence electrons. The van der Waals surface area contributed by atoms with Gasteiger partial charge < -0.3 is 0 Å². The van der Waals surface area contributed by atoms with Crippen LogP contribution < -0.4 is 0 Å². The normalized spacial score (nSPS) is 13.6. The van der Waals surface area contributed by atoms with Gasteiger partial charge in [-0.15, -0.1) is 0 Å². The Labute approximate surface area is 226 Å². The Balaban J connectivity index is 1.71. The molecule has 1 aliphatic rings. The summed E-state index contributed by atoms with van der Waals surface area (Å²) in [6, 6.07) is 24.7. The molecule has 0 N–H and O–H groups in total. The Kier molecular flexibility index (Phi) is 6.19. The summed E-state index contributed by atoms with van der Waals surface area (Å²) in [6.45, 7) is 6.20. The van der Waals surface area contributed by atoms with E-state index in [0.717, 1.165) is 61.0 Å². The summed E-state index contributed by atoms with van der Waals surface area (Å²) in [4.78, 5) is 18.8. The van der Waals surface area contributed by atoms with Gasteiger partial charge in [0.05, 0.1) is 5.69 Å². The molecule has 6 rings (SSSR count). The summed E-state index contributed by atoms with van der Waals surface area (Å²) < 4.78 is 27.9. The Morgan fingerprint density at radius 3 is 1.77 bits per heavy atom. The van der Waals surface area contributed by atoms with Crippen LogP contribution in [0.15, 0.2) is 89.9 Å². The number of hydrogen-bond donors (Lipinski definition) is 0. The van der Waals surface area contributed by atoms with Crippen LogP contribution in [0.2, 0.25) is 0 Å². The Hall–Kier alpha value is -4.44. The molecule has 4 heteroatoms. The van der Waals surface area contributed by atoms with E-state index in [0.29, 0.717) is 24.1 Å². The molecule has 0 heterocycles. The zero-order valence-electron chi connectivity index (χ0n) is 22.1. The van der Waals surface area contributed by atoms with Gasteiger partial charge in [0, 0.05) is 16.5 Å². The molecule has 0 saturated carbocycles. The lowest BCUT2D eigenvalue weighted by Crippen LogP contribution is -2.10. The molecule has 0 radical (unpaired) electrons. The number of benzene rings is 5. The molecule has 1 aliphatic carbocycles. The summed E-state index contributed by atoms with van der Waals surface area (Å²) >= 11 is 0. The zero-order valence-corrected chi connectivity index (χ0v) is 22.1. The summed E-state index contributed by atoms with van der Waals surface area (Å²) in [7, 11) is 0. The van der Waals surface area contributed by atoms with Crippen molar-refractivity contribution in [1.82, 2.24) is 0 Å². The maximum atomic E-state index is 13.9. The van der Waals surface area contributed by atoms with Crippen LogP contribution in [0.1, 0.15) is 46.5 Å². The first-order valence-electron chi connectivity index (χ1n) is 13.3. The van der Waals surface area contributed by atoms with E-state index in [2.05, 4.69) is 13.8 Å². The van der Waals surface area contributed by atoms with Gasteiger partial charge in [-0.2, -0.15) is 0 Å². The predicted molar refractivity (Wildman–Crippen MR) is 155 cm³/mol. The SMILES string of the molecule is CCc1c(N=C2C(=O)c3cccc4cccc2c34)c(C)c(-c2ccc(F)cc2)c(CC)c1-c1ccc(F)cc1. The first kappa shape index (κ1) is 24.9. The van der Waals surface area contributed by atoms with Gasteiger partial charge in [-0.25, -0.2) is 13.8 Å². The minimum absolute atomic E-state index is 0.0884. The summed E-state index contributed by atoms with van der Waals surface area (Å²) in [5, 5.41) is 1.94. The zero-order chi connectivity index (χ0) is 27.3. The number of nitrogens with zero attached hydrogens (tertiary/aromatic N) is 1. The number of carbonyl (C=O) groups is 1. The average molecular weight is 516 g/mol. The summed E-state index contributed by atoms with van der Waals surface area (Å²) in [6.07, 6.45) is 1.38. The topological polar surface area (TPSA) is 29.4 Å². The van der Waals surface area contributed by atoms with E-state index < -0.39 is 0 Å². The third-order valence-corrected chi connectivity index (χ3v) is 7.74. The minimum Gasteiger partial charge on any atom is -0.287 e. The molecule has 0 aliphatic heterocycles. The van der Waals surface area contributed by atoms with Crippen LogP contribution >= 0.6 is 0 Å². The smallest absolute Gasteiger partial charge is 0.212 e. The van der Waals surface area contributed by atoms with Gasteiger partial charge in [-0.1, -0.05) is 74.5 Å². The molecular formula is C35H27F2NO. The number of rotatable bonds is 5. The molecule has 39 heavy (non-hydrogen) atoms. The monoisotopic (exact) mass is 515 g/mol. The molecule has 0 aromatic heterocycles. The van der Waals surface area contributed by atoms with Gasteiger partial charge in [0.2, 0.25) is 5.78 Å². The summed E-state index contributed by atoms with van der Waals surface area (Å²) in [5.74, 6) is -0.695. The summed E-state index contributed by atoms with van der Waals surface area (Å²) in [5.41, 5.74) is 9.42. The fourth-order valence-electron chi connectivity index (χ4n) is 6.02. The van der Waals surface area contributed by atoms with Crippen LogP contribution in [-0.4, -0.2) is 11.5 Å². The van der Waals surface area contributed by atoms with Crippen molar-refractivity contribution in [1.29, 1.82) is 0 Å². The second kappa shape index (κ2) is 9.70. The number of aliphatic imine (C=N–C) groups is 1. The molecule has 0 unspecified atom stereocenters. The van der Waals surface area contributed by atoms with Crippen molar-refractivity contribution in [2.45, 2.75) is 33.6 Å². The third-order valence-electron chi connectivity index (χ3n) is 7.74. The van der Waals surface area contributed by atoms with Crippen LogP contribution in [0.4, 0.5) is 14.5 Å². The molecule has 0 atom stereocenters. The quantitative estimate of drug-likeness (QED) is 0.229. The first-order chi connectivity index (χ1) is 18.9. The maximum absolute atomic E-state index is 13.9. The second-order valence-electron chi connectivity index (χ2n) is 9.90. The van der Waals surface area contributed by atoms with Crippen molar-refractivity contribution in [2.75, 3.05) is 0 Å². The fraction of sp³-hybridized carbons (Fsp3) is 0.143. The lowest BCUT2D eigenvalue weighted by atomic mass is 9.82. The highest BCUT2D eigenvalue weighted by molar-refractivity contribution is 6.59. The number of ketones is 1. The van der Waals surface area contributed by atoms with E-state index in [-0.39, 0.29) is 17.4 Å². The number of carbonyl (C=O) groups excluding carboxylic acids is 1.